The Hall–Kier alpha value is -0.120. The van der Waals surface area contributed by atoms with Gasteiger partial charge in [0.1, 0.15) is 0 Å². The molecule has 3 heteroatoms. The quantitative estimate of drug-likeness (QED) is 0.803. The molecular weight excluding hydrogens is 210 g/mol. The van der Waals surface area contributed by atoms with E-state index >= 15 is 0 Å². The van der Waals surface area contributed by atoms with E-state index in [4.69, 9.17) is 0 Å². The Bertz CT molecular complexity index is 232. The van der Waals surface area contributed by atoms with E-state index in [1.54, 1.807) is 0 Å². The van der Waals surface area contributed by atoms with Gasteiger partial charge in [-0.25, -0.2) is 0 Å². The summed E-state index contributed by atoms with van der Waals surface area (Å²) in [5.41, 5.74) is 0. The van der Waals surface area contributed by atoms with Crippen molar-refractivity contribution in [3.63, 3.8) is 0 Å². The van der Waals surface area contributed by atoms with Gasteiger partial charge in [-0.1, -0.05) is 6.42 Å². The molecule has 0 spiro atoms. The molecule has 0 aromatic heterocycles. The predicted molar refractivity (Wildman–Crippen MR) is 73.3 cm³/mol. The van der Waals surface area contributed by atoms with E-state index in [9.17, 15) is 0 Å². The van der Waals surface area contributed by atoms with Crippen molar-refractivity contribution < 1.29 is 0 Å². The molecule has 4 atom stereocenters. The highest BCUT2D eigenvalue weighted by Gasteiger charge is 2.31. The topological polar surface area (TPSA) is 18.5 Å². The molecule has 0 bridgehead atoms. The van der Waals surface area contributed by atoms with Crippen molar-refractivity contribution in [2.45, 2.75) is 51.2 Å². The van der Waals surface area contributed by atoms with E-state index in [1.807, 2.05) is 0 Å². The van der Waals surface area contributed by atoms with Gasteiger partial charge in [-0.05, 0) is 46.7 Å². The van der Waals surface area contributed by atoms with Crippen LogP contribution in [0.3, 0.4) is 0 Å². The highest BCUT2D eigenvalue weighted by Crippen LogP contribution is 2.27. The van der Waals surface area contributed by atoms with Crippen LogP contribution < -0.4 is 5.32 Å². The van der Waals surface area contributed by atoms with Crippen LogP contribution in [0.1, 0.15) is 33.1 Å². The monoisotopic (exact) mass is 239 g/mol. The minimum Gasteiger partial charge on any atom is -0.317 e. The van der Waals surface area contributed by atoms with Crippen molar-refractivity contribution in [3.8, 4) is 0 Å². The van der Waals surface area contributed by atoms with E-state index in [0.29, 0.717) is 12.1 Å². The third-order valence-corrected chi connectivity index (χ3v) is 4.96. The van der Waals surface area contributed by atoms with Gasteiger partial charge in [0.15, 0.2) is 0 Å². The van der Waals surface area contributed by atoms with Gasteiger partial charge in [0.2, 0.25) is 0 Å². The van der Waals surface area contributed by atoms with Crippen LogP contribution in [-0.2, 0) is 0 Å². The first-order valence-corrected chi connectivity index (χ1v) is 7.23. The summed E-state index contributed by atoms with van der Waals surface area (Å²) in [6.45, 7) is 8.50. The summed E-state index contributed by atoms with van der Waals surface area (Å²) in [6, 6.07) is 2.17. The minimum atomic E-state index is 0.702. The lowest BCUT2D eigenvalue weighted by Gasteiger charge is -2.43. The highest BCUT2D eigenvalue weighted by atomic mass is 15.3. The number of piperazine rings is 1. The lowest BCUT2D eigenvalue weighted by molar-refractivity contribution is 0.0489. The molecular formula is C14H29N3. The van der Waals surface area contributed by atoms with Gasteiger partial charge < -0.3 is 5.32 Å². The summed E-state index contributed by atoms with van der Waals surface area (Å²) in [6.07, 6.45) is 4.20. The fourth-order valence-electron chi connectivity index (χ4n) is 3.63. The average Bonchev–Trinajstić information content (AvgIpc) is 2.73. The number of likely N-dealkylation sites (N-methyl/N-ethyl adjacent to an activating group) is 1. The Morgan fingerprint density at radius 2 is 1.76 bits per heavy atom. The lowest BCUT2D eigenvalue weighted by atomic mass is 10.0. The van der Waals surface area contributed by atoms with Crippen molar-refractivity contribution in [2.75, 3.05) is 33.7 Å². The van der Waals surface area contributed by atoms with Crippen LogP contribution in [0.2, 0.25) is 0 Å². The van der Waals surface area contributed by atoms with Gasteiger partial charge in [-0.2, -0.15) is 0 Å². The molecule has 2 rings (SSSR count). The molecule has 0 aromatic rings. The molecule has 1 saturated heterocycles. The standard InChI is InChI=1S/C14H29N3/c1-11-8-17(9-12(2)16(11)4)10-13-6-5-7-14(13)15-3/h11-15H,5-10H2,1-4H3. The number of hydrogen-bond donors (Lipinski definition) is 1. The van der Waals surface area contributed by atoms with E-state index in [0.717, 1.165) is 12.0 Å². The third kappa shape index (κ3) is 3.01. The zero-order valence-corrected chi connectivity index (χ0v) is 11.9. The van der Waals surface area contributed by atoms with Crippen LogP contribution in [0.5, 0.6) is 0 Å². The van der Waals surface area contributed by atoms with Crippen LogP contribution in [0.15, 0.2) is 0 Å². The summed E-state index contributed by atoms with van der Waals surface area (Å²) in [5.74, 6) is 0.878. The first kappa shape index (κ1) is 13.3. The minimum absolute atomic E-state index is 0.702. The fraction of sp³-hybridized carbons (Fsp3) is 1.00. The Morgan fingerprint density at radius 3 is 2.35 bits per heavy atom. The van der Waals surface area contributed by atoms with E-state index in [2.05, 4.69) is 43.1 Å². The first-order chi connectivity index (χ1) is 8.11. The largest absolute Gasteiger partial charge is 0.317 e. The Kier molecular flexibility index (Phi) is 4.45. The summed E-state index contributed by atoms with van der Waals surface area (Å²) in [7, 11) is 4.39. The molecule has 100 valence electrons. The zero-order chi connectivity index (χ0) is 12.4. The Labute approximate surface area is 107 Å². The van der Waals surface area contributed by atoms with Gasteiger partial charge in [0.05, 0.1) is 0 Å². The van der Waals surface area contributed by atoms with Crippen molar-refractivity contribution in [3.05, 3.63) is 0 Å². The van der Waals surface area contributed by atoms with Crippen LogP contribution in [0, 0.1) is 5.92 Å². The van der Waals surface area contributed by atoms with Crippen molar-refractivity contribution in [1.29, 1.82) is 0 Å². The number of nitrogens with one attached hydrogen (secondary N) is 1. The molecule has 17 heavy (non-hydrogen) atoms. The van der Waals surface area contributed by atoms with Crippen LogP contribution >= 0.6 is 0 Å². The molecule has 2 fully saturated rings. The second-order valence-electron chi connectivity index (χ2n) is 6.17. The lowest BCUT2D eigenvalue weighted by Crippen LogP contribution is -2.56. The third-order valence-electron chi connectivity index (χ3n) is 4.96. The molecule has 1 aliphatic heterocycles. The molecule has 0 aromatic carbocycles. The molecule has 1 saturated carbocycles. The second kappa shape index (κ2) is 5.68. The smallest absolute Gasteiger partial charge is 0.0195 e. The summed E-state index contributed by atoms with van der Waals surface area (Å²) < 4.78 is 0. The number of rotatable bonds is 3. The molecule has 1 heterocycles. The maximum atomic E-state index is 3.50. The maximum absolute atomic E-state index is 3.50. The van der Waals surface area contributed by atoms with Crippen LogP contribution in [0.4, 0.5) is 0 Å². The number of hydrogen-bond acceptors (Lipinski definition) is 3. The van der Waals surface area contributed by atoms with E-state index in [1.165, 1.54) is 38.9 Å². The number of nitrogens with zero attached hydrogens (tertiary/aromatic N) is 2. The van der Waals surface area contributed by atoms with Crippen LogP contribution in [-0.4, -0.2) is 61.7 Å². The molecule has 3 nitrogen and oxygen atoms in total. The zero-order valence-electron chi connectivity index (χ0n) is 11.9. The second-order valence-corrected chi connectivity index (χ2v) is 6.17. The summed E-state index contributed by atoms with van der Waals surface area (Å²) in [4.78, 5) is 5.20. The van der Waals surface area contributed by atoms with Crippen molar-refractivity contribution in [2.24, 2.45) is 5.92 Å². The molecule has 0 amide bonds. The molecule has 0 radical (unpaired) electrons. The van der Waals surface area contributed by atoms with Gasteiger partial charge in [-0.3, -0.25) is 9.80 Å². The Balaban J connectivity index is 1.87. The van der Waals surface area contributed by atoms with E-state index < -0.39 is 0 Å². The van der Waals surface area contributed by atoms with Gasteiger partial charge in [-0.15, -0.1) is 0 Å². The van der Waals surface area contributed by atoms with Crippen molar-refractivity contribution in [1.82, 2.24) is 15.1 Å². The highest BCUT2D eigenvalue weighted by molar-refractivity contribution is 4.88. The fourth-order valence-corrected chi connectivity index (χ4v) is 3.63. The van der Waals surface area contributed by atoms with Gasteiger partial charge >= 0.3 is 0 Å². The normalized spacial score (nSPS) is 40.9. The Morgan fingerprint density at radius 1 is 1.12 bits per heavy atom. The molecule has 4 unspecified atom stereocenters. The molecule has 1 N–H and O–H groups in total. The van der Waals surface area contributed by atoms with Gasteiger partial charge in [0.25, 0.3) is 0 Å². The summed E-state index contributed by atoms with van der Waals surface area (Å²) >= 11 is 0. The molecule has 1 aliphatic carbocycles. The van der Waals surface area contributed by atoms with Crippen LogP contribution in [0.25, 0.3) is 0 Å². The van der Waals surface area contributed by atoms with Gasteiger partial charge in [0, 0.05) is 37.8 Å². The maximum Gasteiger partial charge on any atom is 0.0195 e. The average molecular weight is 239 g/mol. The van der Waals surface area contributed by atoms with Crippen molar-refractivity contribution >= 4 is 0 Å². The first-order valence-electron chi connectivity index (χ1n) is 7.23. The SMILES string of the molecule is CNC1CCCC1CN1CC(C)N(C)C(C)C1. The molecule has 2 aliphatic rings. The van der Waals surface area contributed by atoms with E-state index in [-0.39, 0.29) is 0 Å². The summed E-state index contributed by atoms with van der Waals surface area (Å²) in [5, 5.41) is 3.50. The predicted octanol–water partition coefficient (Wildman–Crippen LogP) is 1.40.